The number of aromatic nitrogens is 2. The van der Waals surface area contributed by atoms with E-state index >= 15 is 0 Å². The van der Waals surface area contributed by atoms with Gasteiger partial charge in [0.05, 0.1) is 11.0 Å². The molecule has 1 heterocycles. The lowest BCUT2D eigenvalue weighted by molar-refractivity contribution is 0.0543. The molecule has 0 aliphatic carbocycles. The van der Waals surface area contributed by atoms with E-state index in [9.17, 15) is 9.59 Å². The van der Waals surface area contributed by atoms with Crippen molar-refractivity contribution in [2.75, 3.05) is 0 Å². The number of nitrogens with zero attached hydrogens (tertiary/aromatic N) is 2. The van der Waals surface area contributed by atoms with Gasteiger partial charge in [-0.25, -0.2) is 14.3 Å². The number of hydrogen-bond acceptors (Lipinski definition) is 4. The molecule has 0 saturated carbocycles. The van der Waals surface area contributed by atoms with Crippen LogP contribution in [0.2, 0.25) is 0 Å². The van der Waals surface area contributed by atoms with Crippen molar-refractivity contribution < 1.29 is 14.3 Å². The molecule has 0 radical (unpaired) electrons. The molecular weight excluding hydrogens is 316 g/mol. The van der Waals surface area contributed by atoms with E-state index in [1.807, 2.05) is 51.1 Å². The van der Waals surface area contributed by atoms with Gasteiger partial charge >= 0.3 is 6.09 Å². The van der Waals surface area contributed by atoms with Gasteiger partial charge in [-0.3, -0.25) is 4.79 Å². The summed E-state index contributed by atoms with van der Waals surface area (Å²) >= 11 is 0. The molecule has 0 atom stereocenters. The average Bonchev–Trinajstić information content (AvgIpc) is 2.97. The standard InChI is InChI=1S/C20H20N2O3/c1-20(2,3)25-19(24)22-13-21-17-9-8-16(11-18(17)22)10-14-4-6-15(12-23)7-5-14/h4-9,11-13H,10H2,1-3H3. The van der Waals surface area contributed by atoms with Crippen LogP contribution in [0.5, 0.6) is 0 Å². The SMILES string of the molecule is CC(C)(C)OC(=O)n1cnc2ccc(Cc3ccc(C=O)cc3)cc21. The lowest BCUT2D eigenvalue weighted by Crippen LogP contribution is -2.26. The number of benzene rings is 2. The first-order chi connectivity index (χ1) is 11.9. The minimum atomic E-state index is -0.564. The zero-order chi connectivity index (χ0) is 18.0. The van der Waals surface area contributed by atoms with E-state index in [0.717, 1.165) is 28.4 Å². The summed E-state index contributed by atoms with van der Waals surface area (Å²) in [6, 6.07) is 13.3. The maximum absolute atomic E-state index is 12.3. The van der Waals surface area contributed by atoms with Gasteiger partial charge in [0, 0.05) is 5.56 Å². The number of aldehydes is 1. The van der Waals surface area contributed by atoms with Crippen LogP contribution in [-0.2, 0) is 11.2 Å². The Bertz CT molecular complexity index is 918. The van der Waals surface area contributed by atoms with Gasteiger partial charge in [0.15, 0.2) is 0 Å². The summed E-state index contributed by atoms with van der Waals surface area (Å²) in [5, 5.41) is 0. The van der Waals surface area contributed by atoms with Crippen molar-refractivity contribution in [3.05, 3.63) is 65.5 Å². The van der Waals surface area contributed by atoms with Crippen LogP contribution >= 0.6 is 0 Å². The number of imidazole rings is 1. The van der Waals surface area contributed by atoms with E-state index in [-0.39, 0.29) is 0 Å². The maximum atomic E-state index is 12.3. The number of hydrogen-bond donors (Lipinski definition) is 0. The molecule has 3 aromatic rings. The van der Waals surface area contributed by atoms with Crippen LogP contribution in [0.15, 0.2) is 48.8 Å². The second-order valence-corrected chi connectivity index (χ2v) is 6.95. The zero-order valence-electron chi connectivity index (χ0n) is 14.5. The molecule has 1 aromatic heterocycles. The minimum Gasteiger partial charge on any atom is -0.443 e. The monoisotopic (exact) mass is 336 g/mol. The van der Waals surface area contributed by atoms with Crippen molar-refractivity contribution >= 4 is 23.4 Å². The van der Waals surface area contributed by atoms with Gasteiger partial charge in [-0.05, 0) is 50.5 Å². The Hall–Kier alpha value is -2.95. The third-order valence-corrected chi connectivity index (χ3v) is 3.73. The molecule has 2 aromatic carbocycles. The van der Waals surface area contributed by atoms with E-state index < -0.39 is 11.7 Å². The summed E-state index contributed by atoms with van der Waals surface area (Å²) in [6.45, 7) is 5.50. The predicted molar refractivity (Wildman–Crippen MR) is 96.0 cm³/mol. The molecule has 0 aliphatic heterocycles. The van der Waals surface area contributed by atoms with Crippen LogP contribution < -0.4 is 0 Å². The van der Waals surface area contributed by atoms with E-state index in [1.54, 1.807) is 12.1 Å². The fourth-order valence-electron chi connectivity index (χ4n) is 2.57. The molecule has 0 amide bonds. The largest absolute Gasteiger partial charge is 0.443 e. The molecule has 0 fully saturated rings. The predicted octanol–water partition coefficient (Wildman–Crippen LogP) is 4.22. The van der Waals surface area contributed by atoms with Gasteiger partial charge in [-0.2, -0.15) is 0 Å². The molecule has 5 nitrogen and oxygen atoms in total. The summed E-state index contributed by atoms with van der Waals surface area (Å²) in [4.78, 5) is 27.3. The van der Waals surface area contributed by atoms with Crippen LogP contribution in [0.1, 0.15) is 42.3 Å². The number of rotatable bonds is 3. The number of ether oxygens (including phenoxy) is 1. The second kappa shape index (κ2) is 6.51. The highest BCUT2D eigenvalue weighted by molar-refractivity contribution is 5.87. The van der Waals surface area contributed by atoms with Crippen molar-refractivity contribution in [1.29, 1.82) is 0 Å². The zero-order valence-corrected chi connectivity index (χ0v) is 14.5. The van der Waals surface area contributed by atoms with Crippen LogP contribution in [-0.4, -0.2) is 27.5 Å². The van der Waals surface area contributed by atoms with Gasteiger partial charge in [0.1, 0.15) is 18.2 Å². The lowest BCUT2D eigenvalue weighted by Gasteiger charge is -2.19. The molecular formula is C20H20N2O3. The Morgan fingerprint density at radius 2 is 1.80 bits per heavy atom. The molecule has 5 heteroatoms. The maximum Gasteiger partial charge on any atom is 0.420 e. The van der Waals surface area contributed by atoms with Crippen molar-refractivity contribution in [3.8, 4) is 0 Å². The highest BCUT2D eigenvalue weighted by Crippen LogP contribution is 2.19. The summed E-state index contributed by atoms with van der Waals surface area (Å²) in [5.41, 5.74) is 3.69. The first-order valence-corrected chi connectivity index (χ1v) is 8.09. The van der Waals surface area contributed by atoms with Crippen LogP contribution in [0, 0.1) is 0 Å². The summed E-state index contributed by atoms with van der Waals surface area (Å²) in [5.74, 6) is 0. The number of carbonyl (C=O) groups excluding carboxylic acids is 2. The highest BCUT2D eigenvalue weighted by atomic mass is 16.6. The fourth-order valence-corrected chi connectivity index (χ4v) is 2.57. The third-order valence-electron chi connectivity index (χ3n) is 3.73. The molecule has 128 valence electrons. The van der Waals surface area contributed by atoms with Gasteiger partial charge in [0.25, 0.3) is 0 Å². The van der Waals surface area contributed by atoms with Crippen LogP contribution in [0.3, 0.4) is 0 Å². The first kappa shape index (κ1) is 16.9. The van der Waals surface area contributed by atoms with Gasteiger partial charge in [-0.15, -0.1) is 0 Å². The Labute approximate surface area is 146 Å². The Kier molecular flexibility index (Phi) is 4.40. The number of fused-ring (bicyclic) bond motifs is 1. The first-order valence-electron chi connectivity index (χ1n) is 8.09. The van der Waals surface area contributed by atoms with Crippen molar-refractivity contribution in [3.63, 3.8) is 0 Å². The average molecular weight is 336 g/mol. The minimum absolute atomic E-state index is 0.442. The summed E-state index contributed by atoms with van der Waals surface area (Å²) < 4.78 is 6.85. The molecule has 0 unspecified atom stereocenters. The molecule has 0 N–H and O–H groups in total. The fraction of sp³-hybridized carbons (Fsp3) is 0.250. The Morgan fingerprint density at radius 3 is 2.44 bits per heavy atom. The van der Waals surface area contributed by atoms with Crippen molar-refractivity contribution in [1.82, 2.24) is 9.55 Å². The van der Waals surface area contributed by atoms with Gasteiger partial charge in [-0.1, -0.05) is 30.3 Å². The Balaban J connectivity index is 1.89. The third kappa shape index (κ3) is 3.94. The van der Waals surface area contributed by atoms with Crippen molar-refractivity contribution in [2.45, 2.75) is 32.8 Å². The molecule has 0 bridgehead atoms. The molecule has 0 spiro atoms. The summed E-state index contributed by atoms with van der Waals surface area (Å²) in [7, 11) is 0. The molecule has 25 heavy (non-hydrogen) atoms. The smallest absolute Gasteiger partial charge is 0.420 e. The summed E-state index contributed by atoms with van der Waals surface area (Å²) in [6.07, 6.45) is 2.58. The molecule has 3 rings (SSSR count). The quantitative estimate of drug-likeness (QED) is 0.672. The topological polar surface area (TPSA) is 61.2 Å². The number of carbonyl (C=O) groups is 2. The lowest BCUT2D eigenvalue weighted by atomic mass is 10.0. The van der Waals surface area contributed by atoms with Crippen LogP contribution in [0.25, 0.3) is 11.0 Å². The van der Waals surface area contributed by atoms with E-state index in [1.165, 1.54) is 10.9 Å². The Morgan fingerprint density at radius 1 is 1.12 bits per heavy atom. The molecule has 0 saturated heterocycles. The molecule has 0 aliphatic rings. The van der Waals surface area contributed by atoms with Crippen LogP contribution in [0.4, 0.5) is 4.79 Å². The van der Waals surface area contributed by atoms with Crippen molar-refractivity contribution in [2.24, 2.45) is 0 Å². The van der Waals surface area contributed by atoms with E-state index in [2.05, 4.69) is 4.98 Å². The normalized spacial score (nSPS) is 11.5. The van der Waals surface area contributed by atoms with E-state index in [4.69, 9.17) is 4.74 Å². The second-order valence-electron chi connectivity index (χ2n) is 6.95. The van der Waals surface area contributed by atoms with Gasteiger partial charge in [0.2, 0.25) is 0 Å². The van der Waals surface area contributed by atoms with E-state index in [0.29, 0.717) is 12.0 Å². The highest BCUT2D eigenvalue weighted by Gasteiger charge is 2.19. The van der Waals surface area contributed by atoms with Gasteiger partial charge < -0.3 is 4.74 Å².